The largest absolute Gasteiger partial charge is 0.482 e. The van der Waals surface area contributed by atoms with Crippen LogP contribution in [0.5, 0.6) is 11.5 Å². The molecular formula is C18H18BrClO3. The predicted molar refractivity (Wildman–Crippen MR) is 95.4 cm³/mol. The summed E-state index contributed by atoms with van der Waals surface area (Å²) in [5.41, 5.74) is 1.21. The summed E-state index contributed by atoms with van der Waals surface area (Å²) in [6, 6.07) is 12.6. The molecule has 1 unspecified atom stereocenters. The molecule has 0 N–H and O–H groups in total. The van der Waals surface area contributed by atoms with Gasteiger partial charge < -0.3 is 9.47 Å². The van der Waals surface area contributed by atoms with Gasteiger partial charge in [0.15, 0.2) is 6.61 Å². The van der Waals surface area contributed by atoms with E-state index in [2.05, 4.69) is 29.8 Å². The summed E-state index contributed by atoms with van der Waals surface area (Å²) in [4.78, 5) is 11.9. The van der Waals surface area contributed by atoms with Crippen LogP contribution in [0.4, 0.5) is 0 Å². The quantitative estimate of drug-likeness (QED) is 0.470. The summed E-state index contributed by atoms with van der Waals surface area (Å²) in [5.74, 6) is 1.06. The van der Waals surface area contributed by atoms with Crippen LogP contribution in [-0.4, -0.2) is 12.6 Å². The lowest BCUT2D eigenvalue weighted by molar-refractivity contribution is -0.136. The monoisotopic (exact) mass is 396 g/mol. The maximum absolute atomic E-state index is 11.9. The van der Waals surface area contributed by atoms with Crippen LogP contribution in [0.25, 0.3) is 0 Å². The molecule has 0 fully saturated rings. The van der Waals surface area contributed by atoms with Gasteiger partial charge in [0.2, 0.25) is 0 Å². The Labute approximate surface area is 149 Å². The number of hydrogen-bond acceptors (Lipinski definition) is 3. The van der Waals surface area contributed by atoms with E-state index in [1.54, 1.807) is 30.3 Å². The molecule has 0 aliphatic heterocycles. The average Bonchev–Trinajstić information content (AvgIpc) is 2.55. The number of ether oxygens (including phenoxy) is 2. The lowest BCUT2D eigenvalue weighted by Gasteiger charge is -2.12. The highest BCUT2D eigenvalue weighted by molar-refractivity contribution is 9.10. The van der Waals surface area contributed by atoms with E-state index in [0.717, 1.165) is 10.9 Å². The fraction of sp³-hybridized carbons (Fsp3) is 0.278. The highest BCUT2D eigenvalue weighted by Gasteiger charge is 2.11. The first kappa shape index (κ1) is 17.8. The van der Waals surface area contributed by atoms with Crippen LogP contribution in [0, 0.1) is 0 Å². The zero-order valence-corrected chi connectivity index (χ0v) is 15.4. The van der Waals surface area contributed by atoms with Gasteiger partial charge in [0, 0.05) is 5.02 Å². The zero-order chi connectivity index (χ0) is 16.8. The lowest BCUT2D eigenvalue weighted by atomic mass is 9.99. The van der Waals surface area contributed by atoms with Crippen LogP contribution < -0.4 is 9.47 Å². The maximum Gasteiger partial charge on any atom is 0.349 e. The van der Waals surface area contributed by atoms with E-state index in [-0.39, 0.29) is 6.61 Å². The second-order valence-electron chi connectivity index (χ2n) is 5.22. The molecule has 122 valence electrons. The normalized spacial score (nSPS) is 11.8. The molecule has 5 heteroatoms. The molecule has 0 heterocycles. The van der Waals surface area contributed by atoms with Crippen LogP contribution in [0.1, 0.15) is 31.7 Å². The minimum atomic E-state index is -0.461. The molecular weight excluding hydrogens is 380 g/mol. The van der Waals surface area contributed by atoms with Crippen molar-refractivity contribution in [3.63, 3.8) is 0 Å². The Morgan fingerprint density at radius 1 is 1.22 bits per heavy atom. The fourth-order valence-electron chi connectivity index (χ4n) is 1.97. The van der Waals surface area contributed by atoms with Crippen molar-refractivity contribution in [2.45, 2.75) is 26.2 Å². The summed E-state index contributed by atoms with van der Waals surface area (Å²) in [5, 5.41) is 0.616. The first-order chi connectivity index (χ1) is 11.0. The van der Waals surface area contributed by atoms with Gasteiger partial charge in [-0.3, -0.25) is 0 Å². The van der Waals surface area contributed by atoms with Crippen LogP contribution in [0.2, 0.25) is 5.02 Å². The first-order valence-corrected chi connectivity index (χ1v) is 8.55. The van der Waals surface area contributed by atoms with Crippen molar-refractivity contribution in [1.82, 2.24) is 0 Å². The van der Waals surface area contributed by atoms with Crippen LogP contribution in [0.15, 0.2) is 46.9 Å². The summed E-state index contributed by atoms with van der Waals surface area (Å²) in [7, 11) is 0. The minimum absolute atomic E-state index is 0.165. The lowest BCUT2D eigenvalue weighted by Crippen LogP contribution is -2.17. The number of carbonyl (C=O) groups is 1. The number of hydrogen-bond donors (Lipinski definition) is 0. The van der Waals surface area contributed by atoms with Crippen LogP contribution in [0.3, 0.4) is 0 Å². The third kappa shape index (κ3) is 5.26. The summed E-state index contributed by atoms with van der Waals surface area (Å²) in [6.45, 7) is 4.13. The third-order valence-electron chi connectivity index (χ3n) is 3.53. The van der Waals surface area contributed by atoms with Crippen molar-refractivity contribution >= 4 is 33.5 Å². The Balaban J connectivity index is 1.93. The van der Waals surface area contributed by atoms with Gasteiger partial charge in [-0.25, -0.2) is 4.79 Å². The zero-order valence-electron chi connectivity index (χ0n) is 13.0. The second kappa shape index (κ2) is 8.37. The molecule has 2 aromatic carbocycles. The topological polar surface area (TPSA) is 35.5 Å². The van der Waals surface area contributed by atoms with Gasteiger partial charge >= 0.3 is 5.97 Å². The molecule has 0 amide bonds. The Morgan fingerprint density at radius 3 is 2.52 bits per heavy atom. The molecule has 2 rings (SSSR count). The molecule has 0 aromatic heterocycles. The molecule has 0 aliphatic rings. The maximum atomic E-state index is 11.9. The van der Waals surface area contributed by atoms with Crippen LogP contribution in [-0.2, 0) is 4.79 Å². The Kier molecular flexibility index (Phi) is 6.48. The Bertz CT molecular complexity index is 670. The molecule has 0 bridgehead atoms. The van der Waals surface area contributed by atoms with Crippen molar-refractivity contribution in [2.24, 2.45) is 0 Å². The van der Waals surface area contributed by atoms with Crippen molar-refractivity contribution in [3.05, 3.63) is 57.5 Å². The van der Waals surface area contributed by atoms with E-state index in [9.17, 15) is 4.79 Å². The number of halogens is 2. The van der Waals surface area contributed by atoms with Crippen molar-refractivity contribution in [1.29, 1.82) is 0 Å². The molecule has 0 radical (unpaired) electrons. The van der Waals surface area contributed by atoms with E-state index < -0.39 is 5.97 Å². The van der Waals surface area contributed by atoms with E-state index in [1.165, 1.54) is 5.56 Å². The van der Waals surface area contributed by atoms with Crippen molar-refractivity contribution in [2.75, 3.05) is 6.61 Å². The van der Waals surface area contributed by atoms with Crippen molar-refractivity contribution < 1.29 is 14.3 Å². The molecule has 0 saturated heterocycles. The van der Waals surface area contributed by atoms with Gasteiger partial charge in [-0.2, -0.15) is 0 Å². The number of benzene rings is 2. The van der Waals surface area contributed by atoms with Crippen LogP contribution >= 0.6 is 27.5 Å². The minimum Gasteiger partial charge on any atom is -0.482 e. The predicted octanol–water partition coefficient (Wildman–Crippen LogP) is 5.60. The van der Waals surface area contributed by atoms with Crippen molar-refractivity contribution in [3.8, 4) is 11.5 Å². The Hall–Kier alpha value is -1.52. The smallest absolute Gasteiger partial charge is 0.349 e. The molecule has 0 saturated carbocycles. The summed E-state index contributed by atoms with van der Waals surface area (Å²) < 4.78 is 11.4. The molecule has 1 atom stereocenters. The van der Waals surface area contributed by atoms with Gasteiger partial charge in [0.05, 0.1) is 4.47 Å². The Morgan fingerprint density at radius 2 is 1.91 bits per heavy atom. The van der Waals surface area contributed by atoms with E-state index >= 15 is 0 Å². The molecule has 3 nitrogen and oxygen atoms in total. The number of rotatable bonds is 6. The third-order valence-corrected chi connectivity index (χ3v) is 4.40. The van der Waals surface area contributed by atoms with Gasteiger partial charge in [0.1, 0.15) is 11.5 Å². The van der Waals surface area contributed by atoms with Gasteiger partial charge in [-0.05, 0) is 70.2 Å². The van der Waals surface area contributed by atoms with E-state index in [1.807, 2.05) is 12.1 Å². The van der Waals surface area contributed by atoms with E-state index in [4.69, 9.17) is 21.1 Å². The highest BCUT2D eigenvalue weighted by atomic mass is 79.9. The first-order valence-electron chi connectivity index (χ1n) is 7.38. The number of carbonyl (C=O) groups excluding carboxylic acids is 1. The number of esters is 1. The second-order valence-corrected chi connectivity index (χ2v) is 6.51. The summed E-state index contributed by atoms with van der Waals surface area (Å²) >= 11 is 9.24. The highest BCUT2D eigenvalue weighted by Crippen LogP contribution is 2.30. The van der Waals surface area contributed by atoms with E-state index in [0.29, 0.717) is 22.4 Å². The standard InChI is InChI=1S/C18H18BrClO3/c1-3-12(2)13-4-9-17(16(19)10-13)23-18(21)11-22-15-7-5-14(20)6-8-15/h4-10,12H,3,11H2,1-2H3. The fourth-order valence-corrected chi connectivity index (χ4v) is 2.57. The molecule has 2 aromatic rings. The average molecular weight is 398 g/mol. The molecule has 0 aliphatic carbocycles. The van der Waals surface area contributed by atoms with Gasteiger partial charge in [-0.15, -0.1) is 0 Å². The summed E-state index contributed by atoms with van der Waals surface area (Å²) in [6.07, 6.45) is 1.06. The molecule has 0 spiro atoms. The SMILES string of the molecule is CCC(C)c1ccc(OC(=O)COc2ccc(Cl)cc2)c(Br)c1. The van der Waals surface area contributed by atoms with Gasteiger partial charge in [-0.1, -0.05) is 31.5 Å². The molecule has 23 heavy (non-hydrogen) atoms. The van der Waals surface area contributed by atoms with Gasteiger partial charge in [0.25, 0.3) is 0 Å².